The molecule has 1 atom stereocenters. The fourth-order valence-corrected chi connectivity index (χ4v) is 3.14. The van der Waals surface area contributed by atoms with Crippen molar-refractivity contribution < 1.29 is 9.84 Å². The summed E-state index contributed by atoms with van der Waals surface area (Å²) in [4.78, 5) is 28.6. The van der Waals surface area contributed by atoms with Crippen molar-refractivity contribution in [3.8, 4) is 5.75 Å². The molecule has 0 saturated heterocycles. The number of aryl methyl sites for hydroxylation is 3. The molecule has 2 aromatic heterocycles. The molecule has 1 N–H and O–H groups in total. The van der Waals surface area contributed by atoms with Crippen LogP contribution in [0.25, 0.3) is 11.2 Å². The lowest BCUT2D eigenvalue weighted by atomic mass is 10.1. The van der Waals surface area contributed by atoms with Crippen molar-refractivity contribution in [3.63, 3.8) is 0 Å². The predicted molar refractivity (Wildman–Crippen MR) is 102 cm³/mol. The topological polar surface area (TPSA) is 91.3 Å². The van der Waals surface area contributed by atoms with Crippen molar-refractivity contribution >= 4 is 11.2 Å². The van der Waals surface area contributed by atoms with Gasteiger partial charge in [0.1, 0.15) is 18.5 Å². The highest BCUT2D eigenvalue weighted by atomic mass is 16.5. The van der Waals surface area contributed by atoms with Crippen LogP contribution < -0.4 is 16.0 Å². The molecule has 0 bridgehead atoms. The number of benzene rings is 1. The third-order valence-corrected chi connectivity index (χ3v) is 4.92. The van der Waals surface area contributed by atoms with E-state index in [4.69, 9.17) is 4.74 Å². The third kappa shape index (κ3) is 3.28. The summed E-state index contributed by atoms with van der Waals surface area (Å²) in [5.41, 5.74) is 2.86. The summed E-state index contributed by atoms with van der Waals surface area (Å²) in [7, 11) is 2.98. The van der Waals surface area contributed by atoms with Gasteiger partial charge in [0.2, 0.25) is 0 Å². The van der Waals surface area contributed by atoms with E-state index in [0.717, 1.165) is 27.0 Å². The molecule has 2 heterocycles. The Bertz CT molecular complexity index is 1120. The number of aliphatic hydroxyl groups excluding tert-OH is 1. The smallest absolute Gasteiger partial charge is 0.332 e. The number of aromatic nitrogens is 4. The number of imidazole rings is 1. The van der Waals surface area contributed by atoms with E-state index in [-0.39, 0.29) is 18.7 Å². The Labute approximate surface area is 156 Å². The molecule has 0 radical (unpaired) electrons. The lowest BCUT2D eigenvalue weighted by molar-refractivity contribution is 0.0926. The van der Waals surface area contributed by atoms with Crippen LogP contribution in [-0.4, -0.2) is 36.5 Å². The van der Waals surface area contributed by atoms with E-state index < -0.39 is 17.4 Å². The Balaban J connectivity index is 1.84. The second kappa shape index (κ2) is 7.03. The van der Waals surface area contributed by atoms with E-state index in [1.165, 1.54) is 17.9 Å². The van der Waals surface area contributed by atoms with E-state index in [2.05, 4.69) is 4.98 Å². The Morgan fingerprint density at radius 2 is 1.78 bits per heavy atom. The minimum Gasteiger partial charge on any atom is -0.490 e. The van der Waals surface area contributed by atoms with Crippen LogP contribution in [0.4, 0.5) is 0 Å². The second-order valence-corrected chi connectivity index (χ2v) is 6.89. The third-order valence-electron chi connectivity index (χ3n) is 4.92. The SMILES string of the molecule is Cc1ccc(C)c(OC[C@@H](O)Cn2cnc3c2c(=O)n(C)c(=O)n3C)c1C. The summed E-state index contributed by atoms with van der Waals surface area (Å²) in [5.74, 6) is 0.767. The van der Waals surface area contributed by atoms with Crippen LogP contribution in [0.2, 0.25) is 0 Å². The summed E-state index contributed by atoms with van der Waals surface area (Å²) in [6.45, 7) is 6.17. The van der Waals surface area contributed by atoms with Crippen LogP contribution in [0.15, 0.2) is 28.0 Å². The second-order valence-electron chi connectivity index (χ2n) is 6.89. The van der Waals surface area contributed by atoms with Gasteiger partial charge >= 0.3 is 5.69 Å². The van der Waals surface area contributed by atoms with E-state index in [1.54, 1.807) is 11.6 Å². The van der Waals surface area contributed by atoms with Gasteiger partial charge in [-0.1, -0.05) is 12.1 Å². The maximum absolute atomic E-state index is 12.4. The van der Waals surface area contributed by atoms with Crippen LogP contribution >= 0.6 is 0 Å². The number of ether oxygens (including phenoxy) is 1. The van der Waals surface area contributed by atoms with E-state index in [1.807, 2.05) is 32.9 Å². The zero-order chi connectivity index (χ0) is 19.9. The summed E-state index contributed by atoms with van der Waals surface area (Å²) in [5, 5.41) is 10.4. The molecule has 0 unspecified atom stereocenters. The van der Waals surface area contributed by atoms with Gasteiger partial charge in [0.15, 0.2) is 11.2 Å². The van der Waals surface area contributed by atoms with Crippen LogP contribution in [-0.2, 0) is 20.6 Å². The molecule has 27 heavy (non-hydrogen) atoms. The normalized spacial score (nSPS) is 12.5. The largest absolute Gasteiger partial charge is 0.490 e. The minimum absolute atomic E-state index is 0.0802. The fourth-order valence-electron chi connectivity index (χ4n) is 3.14. The van der Waals surface area contributed by atoms with Crippen molar-refractivity contribution in [2.45, 2.75) is 33.4 Å². The summed E-state index contributed by atoms with van der Waals surface area (Å²) < 4.78 is 9.75. The first-order valence-corrected chi connectivity index (χ1v) is 8.71. The monoisotopic (exact) mass is 372 g/mol. The van der Waals surface area contributed by atoms with Gasteiger partial charge < -0.3 is 14.4 Å². The Hall–Kier alpha value is -2.87. The predicted octanol–water partition coefficient (Wildman–Crippen LogP) is 0.799. The van der Waals surface area contributed by atoms with Gasteiger partial charge in [-0.25, -0.2) is 9.78 Å². The number of hydrogen-bond acceptors (Lipinski definition) is 5. The molecule has 3 rings (SSSR count). The van der Waals surface area contributed by atoms with Gasteiger partial charge in [-0.05, 0) is 37.5 Å². The number of hydrogen-bond donors (Lipinski definition) is 1. The van der Waals surface area contributed by atoms with E-state index in [0.29, 0.717) is 5.65 Å². The fraction of sp³-hybridized carbons (Fsp3) is 0.421. The van der Waals surface area contributed by atoms with Crippen LogP contribution in [0, 0.1) is 20.8 Å². The van der Waals surface area contributed by atoms with Crippen LogP contribution in [0.5, 0.6) is 5.75 Å². The maximum atomic E-state index is 12.4. The maximum Gasteiger partial charge on any atom is 0.332 e. The number of nitrogens with zero attached hydrogens (tertiary/aromatic N) is 4. The highest BCUT2D eigenvalue weighted by Gasteiger charge is 2.17. The van der Waals surface area contributed by atoms with Gasteiger partial charge in [0.05, 0.1) is 12.9 Å². The lowest BCUT2D eigenvalue weighted by Crippen LogP contribution is -2.38. The highest BCUT2D eigenvalue weighted by molar-refractivity contribution is 5.69. The number of rotatable bonds is 5. The average Bonchev–Trinajstić information content (AvgIpc) is 3.05. The summed E-state index contributed by atoms with van der Waals surface area (Å²) in [6, 6.07) is 4.02. The highest BCUT2D eigenvalue weighted by Crippen LogP contribution is 2.25. The first kappa shape index (κ1) is 18.9. The number of fused-ring (bicyclic) bond motifs is 1. The Morgan fingerprint density at radius 3 is 2.48 bits per heavy atom. The summed E-state index contributed by atoms with van der Waals surface area (Å²) in [6.07, 6.45) is 0.612. The molecule has 0 aliphatic carbocycles. The quantitative estimate of drug-likeness (QED) is 0.715. The van der Waals surface area contributed by atoms with Crippen LogP contribution in [0.1, 0.15) is 16.7 Å². The standard InChI is InChI=1S/C19H24N4O4/c1-11-6-7-12(2)16(13(11)3)27-9-14(24)8-23-10-20-17-15(23)18(25)22(5)19(26)21(17)4/h6-7,10,14,24H,8-9H2,1-5H3/t14-/m0/s1. The van der Waals surface area contributed by atoms with E-state index in [9.17, 15) is 14.7 Å². The molecule has 0 aliphatic rings. The Morgan fingerprint density at radius 1 is 1.11 bits per heavy atom. The zero-order valence-corrected chi connectivity index (χ0v) is 16.2. The van der Waals surface area contributed by atoms with E-state index >= 15 is 0 Å². The average molecular weight is 372 g/mol. The molecule has 3 aromatic rings. The van der Waals surface area contributed by atoms with Gasteiger partial charge in [-0.2, -0.15) is 0 Å². The molecule has 1 aromatic carbocycles. The van der Waals surface area contributed by atoms with Crippen molar-refractivity contribution in [1.82, 2.24) is 18.7 Å². The van der Waals surface area contributed by atoms with Gasteiger partial charge in [0, 0.05) is 14.1 Å². The van der Waals surface area contributed by atoms with Gasteiger partial charge in [-0.15, -0.1) is 0 Å². The molecule has 0 aliphatic heterocycles. The van der Waals surface area contributed by atoms with Crippen molar-refractivity contribution in [2.24, 2.45) is 14.1 Å². The number of aliphatic hydroxyl groups is 1. The first-order chi connectivity index (χ1) is 12.7. The van der Waals surface area contributed by atoms with Crippen LogP contribution in [0.3, 0.4) is 0 Å². The molecule has 8 nitrogen and oxygen atoms in total. The summed E-state index contributed by atoms with van der Waals surface area (Å²) >= 11 is 0. The van der Waals surface area contributed by atoms with Gasteiger partial charge in [0.25, 0.3) is 5.56 Å². The zero-order valence-electron chi connectivity index (χ0n) is 16.2. The molecule has 144 valence electrons. The molecule has 0 saturated carbocycles. The van der Waals surface area contributed by atoms with Crippen molar-refractivity contribution in [3.05, 3.63) is 56.0 Å². The van der Waals surface area contributed by atoms with Crippen molar-refractivity contribution in [2.75, 3.05) is 6.61 Å². The molecule has 0 amide bonds. The lowest BCUT2D eigenvalue weighted by Gasteiger charge is -2.17. The van der Waals surface area contributed by atoms with Crippen molar-refractivity contribution in [1.29, 1.82) is 0 Å². The molecule has 0 spiro atoms. The Kier molecular flexibility index (Phi) is 4.93. The molecule has 0 fully saturated rings. The first-order valence-electron chi connectivity index (χ1n) is 8.71. The molecule has 8 heteroatoms. The minimum atomic E-state index is -0.844. The van der Waals surface area contributed by atoms with Gasteiger partial charge in [-0.3, -0.25) is 13.9 Å². The molecular weight excluding hydrogens is 348 g/mol. The molecular formula is C19H24N4O4.